The van der Waals surface area contributed by atoms with Crippen molar-refractivity contribution in [2.75, 3.05) is 5.32 Å². The average Bonchev–Trinajstić information content (AvgIpc) is 3.29. The molecule has 4 rings (SSSR count). The van der Waals surface area contributed by atoms with Crippen molar-refractivity contribution in [3.05, 3.63) is 81.8 Å². The Kier molecular flexibility index (Phi) is 5.12. The van der Waals surface area contributed by atoms with Crippen molar-refractivity contribution in [2.24, 2.45) is 0 Å². The summed E-state index contributed by atoms with van der Waals surface area (Å²) in [6, 6.07) is 12.1. The number of benzene rings is 2. The minimum absolute atomic E-state index is 0.257. The van der Waals surface area contributed by atoms with Gasteiger partial charge in [0, 0.05) is 22.0 Å². The summed E-state index contributed by atoms with van der Waals surface area (Å²) in [4.78, 5) is 17.0. The molecule has 0 aliphatic rings. The molecule has 1 amide bonds. The number of anilines is 1. The van der Waals surface area contributed by atoms with Crippen LogP contribution in [0.5, 0.6) is 0 Å². The van der Waals surface area contributed by atoms with E-state index in [0.717, 1.165) is 17.7 Å². The first-order valence-electron chi connectivity index (χ1n) is 8.46. The van der Waals surface area contributed by atoms with Crippen LogP contribution in [0.3, 0.4) is 0 Å². The molecule has 2 aromatic carbocycles. The molecule has 29 heavy (non-hydrogen) atoms. The zero-order chi connectivity index (χ0) is 20.5. The number of rotatable bonds is 4. The van der Waals surface area contributed by atoms with Gasteiger partial charge in [-0.15, -0.1) is 11.3 Å². The summed E-state index contributed by atoms with van der Waals surface area (Å²) in [5.41, 5.74) is 1.54. The lowest BCUT2D eigenvalue weighted by molar-refractivity contribution is 0.101. The minimum Gasteiger partial charge on any atom is -0.306 e. The molecule has 0 atom stereocenters. The van der Waals surface area contributed by atoms with Crippen LogP contribution in [0.25, 0.3) is 16.4 Å². The van der Waals surface area contributed by atoms with Gasteiger partial charge in [0.25, 0.3) is 5.91 Å². The van der Waals surface area contributed by atoms with Crippen LogP contribution in [0.15, 0.2) is 53.9 Å². The molecule has 0 saturated carbocycles. The zero-order valence-electron chi connectivity index (χ0n) is 15.0. The molecule has 1 N–H and O–H groups in total. The minimum atomic E-state index is -0.940. The Morgan fingerprint density at radius 3 is 2.52 bits per heavy atom. The Balaban J connectivity index is 1.66. The largest absolute Gasteiger partial charge is 0.306 e. The van der Waals surface area contributed by atoms with E-state index in [2.05, 4.69) is 15.4 Å². The fraction of sp³-hybridized carbons (Fsp3) is 0.0500. The van der Waals surface area contributed by atoms with E-state index in [4.69, 9.17) is 11.6 Å². The van der Waals surface area contributed by atoms with Crippen LogP contribution < -0.4 is 5.32 Å². The zero-order valence-corrected chi connectivity index (χ0v) is 16.6. The van der Waals surface area contributed by atoms with E-state index in [-0.39, 0.29) is 5.82 Å². The van der Waals surface area contributed by atoms with Gasteiger partial charge >= 0.3 is 0 Å². The number of halogens is 3. The number of aromatic nitrogens is 3. The van der Waals surface area contributed by atoms with Crippen molar-refractivity contribution in [1.82, 2.24) is 14.8 Å². The van der Waals surface area contributed by atoms with Crippen LogP contribution in [0.2, 0.25) is 5.02 Å². The van der Waals surface area contributed by atoms with Gasteiger partial charge in [0.2, 0.25) is 5.13 Å². The van der Waals surface area contributed by atoms with E-state index < -0.39 is 23.1 Å². The second-order valence-electron chi connectivity index (χ2n) is 6.16. The van der Waals surface area contributed by atoms with Gasteiger partial charge in [0.15, 0.2) is 0 Å². The molecule has 4 aromatic rings. The predicted octanol–water partition coefficient (Wildman–Crippen LogP) is 5.49. The lowest BCUT2D eigenvalue weighted by Gasteiger charge is -2.08. The highest BCUT2D eigenvalue weighted by molar-refractivity contribution is 7.12. The lowest BCUT2D eigenvalue weighted by Crippen LogP contribution is -2.18. The first kappa shape index (κ1) is 19.2. The Labute approximate surface area is 173 Å². The molecule has 5 nitrogen and oxygen atoms in total. The lowest BCUT2D eigenvalue weighted by atomic mass is 10.2. The molecule has 0 fully saturated rings. The maximum atomic E-state index is 13.9. The monoisotopic (exact) mass is 430 g/mol. The number of carbonyl (C=O) groups is 1. The maximum Gasteiger partial charge on any atom is 0.262 e. The van der Waals surface area contributed by atoms with Crippen molar-refractivity contribution in [3.63, 3.8) is 0 Å². The topological polar surface area (TPSA) is 59.8 Å². The molecule has 2 heterocycles. The molecule has 146 valence electrons. The second kappa shape index (κ2) is 7.73. The number of nitrogens with one attached hydrogen (secondary N) is 1. The van der Waals surface area contributed by atoms with E-state index in [1.807, 2.05) is 17.5 Å². The van der Waals surface area contributed by atoms with Crippen LogP contribution in [0, 0.1) is 18.6 Å². The quantitative estimate of drug-likeness (QED) is 0.466. The highest BCUT2D eigenvalue weighted by atomic mass is 35.5. The summed E-state index contributed by atoms with van der Waals surface area (Å²) >= 11 is 7.23. The Morgan fingerprint density at radius 1 is 1.14 bits per heavy atom. The Morgan fingerprint density at radius 2 is 1.83 bits per heavy atom. The van der Waals surface area contributed by atoms with Gasteiger partial charge in [0.1, 0.15) is 23.0 Å². The van der Waals surface area contributed by atoms with Crippen LogP contribution in [-0.4, -0.2) is 20.7 Å². The summed E-state index contributed by atoms with van der Waals surface area (Å²) in [5.74, 6) is -2.53. The Hall–Kier alpha value is -3.10. The van der Waals surface area contributed by atoms with Gasteiger partial charge < -0.3 is 5.32 Å². The summed E-state index contributed by atoms with van der Waals surface area (Å²) < 4.78 is 29.2. The molecule has 0 spiro atoms. The van der Waals surface area contributed by atoms with E-state index in [9.17, 15) is 13.6 Å². The number of carbonyl (C=O) groups excluding carboxylic acids is 1. The Bertz CT molecular complexity index is 1180. The van der Waals surface area contributed by atoms with Crippen molar-refractivity contribution in [1.29, 1.82) is 0 Å². The fourth-order valence-electron chi connectivity index (χ4n) is 2.74. The molecule has 2 aromatic heterocycles. The SMILES string of the molecule is Cc1cc(NC(=O)c2c(F)cccc2F)n(-c2nc(-c3ccc(Cl)cc3)cs2)n1. The average molecular weight is 431 g/mol. The molecule has 0 radical (unpaired) electrons. The van der Waals surface area contributed by atoms with Gasteiger partial charge in [-0.1, -0.05) is 29.8 Å². The van der Waals surface area contributed by atoms with Crippen molar-refractivity contribution in [3.8, 4) is 16.4 Å². The number of nitrogens with zero attached hydrogens (tertiary/aromatic N) is 3. The first-order chi connectivity index (χ1) is 13.9. The summed E-state index contributed by atoms with van der Waals surface area (Å²) in [7, 11) is 0. The molecular weight excluding hydrogens is 418 g/mol. The third kappa shape index (κ3) is 3.90. The number of aryl methyl sites for hydroxylation is 1. The van der Waals surface area contributed by atoms with Crippen LogP contribution >= 0.6 is 22.9 Å². The molecule has 0 saturated heterocycles. The number of amides is 1. The normalized spacial score (nSPS) is 10.9. The van der Waals surface area contributed by atoms with Crippen LogP contribution in [0.1, 0.15) is 16.1 Å². The van der Waals surface area contributed by atoms with E-state index >= 15 is 0 Å². The molecular formula is C20H13ClF2N4OS. The maximum absolute atomic E-state index is 13.9. The van der Waals surface area contributed by atoms with E-state index in [1.54, 1.807) is 25.1 Å². The summed E-state index contributed by atoms with van der Waals surface area (Å²) in [6.07, 6.45) is 0. The highest BCUT2D eigenvalue weighted by Crippen LogP contribution is 2.27. The van der Waals surface area contributed by atoms with Gasteiger partial charge in [-0.2, -0.15) is 9.78 Å². The van der Waals surface area contributed by atoms with Gasteiger partial charge in [-0.3, -0.25) is 4.79 Å². The number of hydrogen-bond donors (Lipinski definition) is 1. The fourth-order valence-corrected chi connectivity index (χ4v) is 3.66. The van der Waals surface area contributed by atoms with Gasteiger partial charge in [0.05, 0.1) is 11.4 Å². The van der Waals surface area contributed by atoms with Gasteiger partial charge in [-0.05, 0) is 31.2 Å². The standard InChI is InChI=1S/C20H13ClF2N4OS/c1-11-9-17(25-19(28)18-14(22)3-2-4-15(18)23)27(26-11)20-24-16(10-29-20)12-5-7-13(21)8-6-12/h2-10H,1H3,(H,25,28). The smallest absolute Gasteiger partial charge is 0.262 e. The van der Waals surface area contributed by atoms with Crippen LogP contribution in [-0.2, 0) is 0 Å². The van der Waals surface area contributed by atoms with Crippen LogP contribution in [0.4, 0.5) is 14.6 Å². The number of thiazole rings is 1. The third-order valence-corrected chi connectivity index (χ3v) is 5.14. The summed E-state index contributed by atoms with van der Waals surface area (Å²) in [5, 5.41) is 9.81. The second-order valence-corrected chi connectivity index (χ2v) is 7.43. The van der Waals surface area contributed by atoms with Crippen molar-refractivity contribution in [2.45, 2.75) is 6.92 Å². The molecule has 0 unspecified atom stereocenters. The van der Waals surface area contributed by atoms with Crippen molar-refractivity contribution >= 4 is 34.7 Å². The molecule has 0 bridgehead atoms. The highest BCUT2D eigenvalue weighted by Gasteiger charge is 2.20. The molecule has 0 aliphatic heterocycles. The predicted molar refractivity (Wildman–Crippen MR) is 109 cm³/mol. The molecule has 9 heteroatoms. The van der Waals surface area contributed by atoms with Gasteiger partial charge in [-0.25, -0.2) is 13.8 Å². The number of hydrogen-bond acceptors (Lipinski definition) is 4. The third-order valence-electron chi connectivity index (χ3n) is 4.08. The molecule has 0 aliphatic carbocycles. The first-order valence-corrected chi connectivity index (χ1v) is 9.72. The van der Waals surface area contributed by atoms with E-state index in [1.165, 1.54) is 22.1 Å². The van der Waals surface area contributed by atoms with Crippen molar-refractivity contribution < 1.29 is 13.6 Å². The van der Waals surface area contributed by atoms with E-state index in [0.29, 0.717) is 21.5 Å². The summed E-state index contributed by atoms with van der Waals surface area (Å²) in [6.45, 7) is 1.74.